The average molecular weight is 949 g/mol. The van der Waals surface area contributed by atoms with E-state index in [0.717, 1.165) is 103 Å². The summed E-state index contributed by atoms with van der Waals surface area (Å²) in [7, 11) is 1.18. The summed E-state index contributed by atoms with van der Waals surface area (Å²) in [5.41, 5.74) is 0. The number of carbonyl (C=O) groups is 2. The Bertz CT molecular complexity index is 1280. The molecular formula is C56H105N2O7P. The molecule has 386 valence electrons. The molecule has 0 bridgehead atoms. The molecule has 0 radical (unpaired) electrons. The van der Waals surface area contributed by atoms with Crippen LogP contribution in [0.3, 0.4) is 0 Å². The van der Waals surface area contributed by atoms with E-state index in [4.69, 9.17) is 13.8 Å². The number of esters is 1. The van der Waals surface area contributed by atoms with Crippen LogP contribution in [0.15, 0.2) is 48.6 Å². The molecule has 0 aromatic rings. The smallest absolute Gasteiger partial charge is 0.306 e. The van der Waals surface area contributed by atoms with Gasteiger partial charge < -0.3 is 28.5 Å². The maximum absolute atomic E-state index is 13.4. The number of hydrogen-bond acceptors (Lipinski definition) is 7. The number of hydrogen-bond donors (Lipinski definition) is 1. The summed E-state index contributed by atoms with van der Waals surface area (Å²) in [5, 5.41) is 3.01. The zero-order chi connectivity index (χ0) is 48.7. The fourth-order valence-corrected chi connectivity index (χ4v) is 8.49. The van der Waals surface area contributed by atoms with Crippen LogP contribution in [0.1, 0.15) is 245 Å². The van der Waals surface area contributed by atoms with Gasteiger partial charge in [0.2, 0.25) is 5.91 Å². The van der Waals surface area contributed by atoms with E-state index in [1.807, 2.05) is 33.3 Å². The zero-order valence-corrected chi connectivity index (χ0v) is 44.8. The van der Waals surface area contributed by atoms with Gasteiger partial charge in [-0.1, -0.05) is 217 Å². The first-order valence-corrected chi connectivity index (χ1v) is 28.9. The standard InChI is InChI=1S/C56H105N2O7P/c1-7-10-13-16-19-22-25-27-28-29-31-34-36-39-42-45-48-55(59)57-53(52-64-66(61,62)63-51-50-58(4,5)6)54(47-44-41-38-35-33-30-26-23-20-17-14-11-8-2)65-56(60)49-46-43-40-37-32-24-21-18-15-12-9-3/h10,13,19,22,27-28,44,47,53-54H,7-9,11-12,14-18,20-21,23-26,29-43,45-46,48-52H2,1-6H3,(H-,57,59,61,62)/b13-10+,22-19+,28-27+,47-44+. The van der Waals surface area contributed by atoms with E-state index in [1.54, 1.807) is 0 Å². The molecular weight excluding hydrogens is 844 g/mol. The maximum Gasteiger partial charge on any atom is 0.306 e. The Hall–Kier alpha value is -2.03. The predicted octanol–water partition coefficient (Wildman–Crippen LogP) is 15.5. The van der Waals surface area contributed by atoms with E-state index in [9.17, 15) is 19.0 Å². The number of quaternary nitrogens is 1. The quantitative estimate of drug-likeness (QED) is 0.0212. The fourth-order valence-electron chi connectivity index (χ4n) is 7.77. The summed E-state index contributed by atoms with van der Waals surface area (Å²) in [5.74, 6) is -0.553. The summed E-state index contributed by atoms with van der Waals surface area (Å²) in [4.78, 5) is 39.7. The van der Waals surface area contributed by atoms with Crippen LogP contribution >= 0.6 is 7.82 Å². The van der Waals surface area contributed by atoms with Crippen LogP contribution in [0.4, 0.5) is 0 Å². The van der Waals surface area contributed by atoms with Gasteiger partial charge in [-0.3, -0.25) is 14.2 Å². The molecule has 0 aliphatic rings. The Balaban J connectivity index is 5.40. The summed E-state index contributed by atoms with van der Waals surface area (Å²) < 4.78 is 30.2. The lowest BCUT2D eigenvalue weighted by Crippen LogP contribution is -2.47. The SMILES string of the molecule is CC/C=C/C/C=C/C/C=C/CCCCCCCCC(=O)NC(COP(=O)([O-])OCC[N+](C)(C)C)C(/C=C/CCCCCCCCCCCCC)OC(=O)CCCCCCCCCCCCC. The first kappa shape index (κ1) is 64.0. The molecule has 1 N–H and O–H groups in total. The van der Waals surface area contributed by atoms with Crippen LogP contribution in [0.2, 0.25) is 0 Å². The van der Waals surface area contributed by atoms with E-state index in [2.05, 4.69) is 62.5 Å². The Morgan fingerprint density at radius 1 is 0.545 bits per heavy atom. The highest BCUT2D eigenvalue weighted by atomic mass is 31.2. The van der Waals surface area contributed by atoms with Gasteiger partial charge in [-0.05, 0) is 63.9 Å². The minimum absolute atomic E-state index is 0.0245. The molecule has 0 saturated carbocycles. The molecule has 0 aliphatic heterocycles. The third-order valence-corrected chi connectivity index (χ3v) is 13.0. The lowest BCUT2D eigenvalue weighted by molar-refractivity contribution is -0.870. The van der Waals surface area contributed by atoms with Gasteiger partial charge in [0.1, 0.15) is 19.3 Å². The molecule has 3 unspecified atom stereocenters. The average Bonchev–Trinajstić information content (AvgIpc) is 3.27. The summed E-state index contributed by atoms with van der Waals surface area (Å²) in [6.07, 6.45) is 55.0. The molecule has 0 rings (SSSR count). The Kier molecular flexibility index (Phi) is 45.3. The van der Waals surface area contributed by atoms with Crippen molar-refractivity contribution in [2.24, 2.45) is 0 Å². The van der Waals surface area contributed by atoms with Gasteiger partial charge in [-0.15, -0.1) is 0 Å². The number of nitrogens with zero attached hydrogens (tertiary/aromatic N) is 1. The van der Waals surface area contributed by atoms with E-state index in [-0.39, 0.29) is 24.9 Å². The highest BCUT2D eigenvalue weighted by Gasteiger charge is 2.27. The van der Waals surface area contributed by atoms with Crippen molar-refractivity contribution in [1.82, 2.24) is 5.32 Å². The van der Waals surface area contributed by atoms with E-state index in [1.165, 1.54) is 109 Å². The number of amides is 1. The monoisotopic (exact) mass is 949 g/mol. The van der Waals surface area contributed by atoms with Gasteiger partial charge in [0.25, 0.3) is 7.82 Å². The third kappa shape index (κ3) is 47.1. The molecule has 0 heterocycles. The molecule has 66 heavy (non-hydrogen) atoms. The third-order valence-electron chi connectivity index (χ3n) is 12.0. The van der Waals surface area contributed by atoms with Gasteiger partial charge >= 0.3 is 5.97 Å². The molecule has 0 saturated heterocycles. The number of rotatable bonds is 49. The number of nitrogens with one attached hydrogen (secondary N) is 1. The largest absolute Gasteiger partial charge is 0.756 e. The molecule has 0 aliphatic carbocycles. The number of allylic oxidation sites excluding steroid dienone is 7. The van der Waals surface area contributed by atoms with Crippen LogP contribution in [0.5, 0.6) is 0 Å². The predicted molar refractivity (Wildman–Crippen MR) is 279 cm³/mol. The van der Waals surface area contributed by atoms with Crippen LogP contribution in [0.25, 0.3) is 0 Å². The molecule has 1 amide bonds. The summed E-state index contributed by atoms with van der Waals surface area (Å²) in [6, 6.07) is -0.891. The molecule has 3 atom stereocenters. The van der Waals surface area contributed by atoms with Crippen LogP contribution in [-0.4, -0.2) is 69.4 Å². The van der Waals surface area contributed by atoms with Gasteiger partial charge in [0.15, 0.2) is 0 Å². The van der Waals surface area contributed by atoms with Crippen LogP contribution in [0, 0.1) is 0 Å². The molecule has 0 fully saturated rings. The minimum Gasteiger partial charge on any atom is -0.756 e. The number of phosphoric acid groups is 1. The molecule has 10 heteroatoms. The molecule has 0 spiro atoms. The zero-order valence-electron chi connectivity index (χ0n) is 43.9. The summed E-state index contributed by atoms with van der Waals surface area (Å²) >= 11 is 0. The van der Waals surface area contributed by atoms with Crippen molar-refractivity contribution in [3.05, 3.63) is 48.6 Å². The first-order valence-electron chi connectivity index (χ1n) is 27.4. The van der Waals surface area contributed by atoms with Gasteiger partial charge in [0, 0.05) is 12.8 Å². The highest BCUT2D eigenvalue weighted by Crippen LogP contribution is 2.38. The molecule has 9 nitrogen and oxygen atoms in total. The van der Waals surface area contributed by atoms with Crippen molar-refractivity contribution in [3.63, 3.8) is 0 Å². The van der Waals surface area contributed by atoms with Crippen molar-refractivity contribution in [3.8, 4) is 0 Å². The Labute approximate surface area is 408 Å². The van der Waals surface area contributed by atoms with Crippen LogP contribution in [-0.2, 0) is 27.9 Å². The van der Waals surface area contributed by atoms with Crippen molar-refractivity contribution in [1.29, 1.82) is 0 Å². The highest BCUT2D eigenvalue weighted by molar-refractivity contribution is 7.45. The van der Waals surface area contributed by atoms with Gasteiger partial charge in [0.05, 0.1) is 33.8 Å². The lowest BCUT2D eigenvalue weighted by atomic mass is 10.0. The number of phosphoric ester groups is 1. The van der Waals surface area contributed by atoms with Crippen LogP contribution < -0.4 is 10.2 Å². The minimum atomic E-state index is -4.69. The second-order valence-corrected chi connectivity index (χ2v) is 21.1. The maximum atomic E-state index is 13.4. The van der Waals surface area contributed by atoms with Gasteiger partial charge in [-0.25, -0.2) is 0 Å². The fraction of sp³-hybridized carbons (Fsp3) is 0.821. The van der Waals surface area contributed by atoms with Crippen molar-refractivity contribution in [2.75, 3.05) is 40.9 Å². The van der Waals surface area contributed by atoms with Crippen molar-refractivity contribution < 1.29 is 37.3 Å². The topological polar surface area (TPSA) is 114 Å². The Morgan fingerprint density at radius 3 is 1.45 bits per heavy atom. The summed E-state index contributed by atoms with van der Waals surface area (Å²) in [6.45, 7) is 6.71. The van der Waals surface area contributed by atoms with Gasteiger partial charge in [-0.2, -0.15) is 0 Å². The second-order valence-electron chi connectivity index (χ2n) is 19.7. The first-order chi connectivity index (χ1) is 31.9. The Morgan fingerprint density at radius 2 is 0.970 bits per heavy atom. The normalized spacial score (nSPS) is 14.2. The van der Waals surface area contributed by atoms with E-state index in [0.29, 0.717) is 17.4 Å². The number of likely N-dealkylation sites (N-methyl/N-ethyl adjacent to an activating group) is 1. The lowest BCUT2D eigenvalue weighted by Gasteiger charge is -2.30. The number of ether oxygens (including phenoxy) is 1. The molecule has 0 aromatic carbocycles. The molecule has 0 aromatic heterocycles. The van der Waals surface area contributed by atoms with Crippen molar-refractivity contribution >= 4 is 19.7 Å². The van der Waals surface area contributed by atoms with E-state index >= 15 is 0 Å². The van der Waals surface area contributed by atoms with E-state index < -0.39 is 26.6 Å². The number of carbonyl (C=O) groups excluding carboxylic acids is 2. The second kappa shape index (κ2) is 46.7. The number of unbranched alkanes of at least 4 members (excludes halogenated alkanes) is 27. The van der Waals surface area contributed by atoms with Crippen molar-refractivity contribution in [2.45, 2.75) is 258 Å².